The molecule has 0 spiro atoms. The van der Waals surface area contributed by atoms with Crippen molar-refractivity contribution in [2.24, 2.45) is 0 Å². The lowest BCUT2D eigenvalue weighted by atomic mass is 10.1. The lowest BCUT2D eigenvalue weighted by molar-refractivity contribution is -0.134. The third kappa shape index (κ3) is 4.24. The summed E-state index contributed by atoms with van der Waals surface area (Å²) in [6, 6.07) is 17.5. The van der Waals surface area contributed by atoms with Gasteiger partial charge in [-0.05, 0) is 29.7 Å². The first-order valence-corrected chi connectivity index (χ1v) is 10.0. The first-order valence-electron chi connectivity index (χ1n) is 9.65. The summed E-state index contributed by atoms with van der Waals surface area (Å²) in [5, 5.41) is 2.24. The number of ether oxygens (including phenoxy) is 1. The maximum absolute atomic E-state index is 14.0. The van der Waals surface area contributed by atoms with E-state index in [1.165, 1.54) is 12.1 Å². The third-order valence-electron chi connectivity index (χ3n) is 5.18. The van der Waals surface area contributed by atoms with Crippen molar-refractivity contribution in [3.8, 4) is 5.75 Å². The smallest absolute Gasteiger partial charge is 0.260 e. The molecular formula is C23H20ClFN2O3. The predicted octanol–water partition coefficient (Wildman–Crippen LogP) is 4.00. The van der Waals surface area contributed by atoms with Crippen molar-refractivity contribution in [1.82, 2.24) is 9.80 Å². The van der Waals surface area contributed by atoms with Crippen molar-refractivity contribution >= 4 is 34.2 Å². The van der Waals surface area contributed by atoms with Crippen molar-refractivity contribution in [3.63, 3.8) is 0 Å². The third-order valence-corrected chi connectivity index (χ3v) is 5.42. The van der Waals surface area contributed by atoms with Gasteiger partial charge in [-0.3, -0.25) is 9.59 Å². The molecule has 0 saturated carbocycles. The van der Waals surface area contributed by atoms with Gasteiger partial charge >= 0.3 is 0 Å². The Morgan fingerprint density at radius 3 is 2.40 bits per heavy atom. The fraction of sp³-hybridized carbons (Fsp3) is 0.217. The van der Waals surface area contributed by atoms with Crippen LogP contribution in [0.4, 0.5) is 4.39 Å². The zero-order valence-corrected chi connectivity index (χ0v) is 16.9. The Hall–Kier alpha value is -3.12. The van der Waals surface area contributed by atoms with E-state index in [-0.39, 0.29) is 23.1 Å². The van der Waals surface area contributed by atoms with Gasteiger partial charge in [-0.2, -0.15) is 0 Å². The monoisotopic (exact) mass is 426 g/mol. The fourth-order valence-corrected chi connectivity index (χ4v) is 3.70. The lowest BCUT2D eigenvalue weighted by Crippen LogP contribution is -2.51. The summed E-state index contributed by atoms with van der Waals surface area (Å²) in [5.41, 5.74) is -0.0153. The van der Waals surface area contributed by atoms with Crippen molar-refractivity contribution in [3.05, 3.63) is 77.1 Å². The van der Waals surface area contributed by atoms with Crippen molar-refractivity contribution in [1.29, 1.82) is 0 Å². The molecule has 0 aliphatic carbocycles. The van der Waals surface area contributed by atoms with Crippen LogP contribution in [0.3, 0.4) is 0 Å². The Balaban J connectivity index is 1.33. The molecule has 30 heavy (non-hydrogen) atoms. The fourth-order valence-electron chi connectivity index (χ4n) is 3.54. The van der Waals surface area contributed by atoms with E-state index in [2.05, 4.69) is 0 Å². The average molecular weight is 427 g/mol. The molecule has 0 N–H and O–H groups in total. The topological polar surface area (TPSA) is 49.9 Å². The van der Waals surface area contributed by atoms with Gasteiger partial charge in [-0.1, -0.05) is 48.0 Å². The Morgan fingerprint density at radius 2 is 1.63 bits per heavy atom. The summed E-state index contributed by atoms with van der Waals surface area (Å²) >= 11 is 5.75. The van der Waals surface area contributed by atoms with Gasteiger partial charge in [0.15, 0.2) is 6.61 Å². The molecule has 3 aromatic rings. The van der Waals surface area contributed by atoms with E-state index >= 15 is 0 Å². The summed E-state index contributed by atoms with van der Waals surface area (Å²) in [6.07, 6.45) is 0. The molecule has 0 radical (unpaired) electrons. The van der Waals surface area contributed by atoms with Crippen LogP contribution in [0.2, 0.25) is 5.02 Å². The molecule has 1 fully saturated rings. The number of fused-ring (bicyclic) bond motifs is 1. The zero-order chi connectivity index (χ0) is 21.1. The summed E-state index contributed by atoms with van der Waals surface area (Å²) in [4.78, 5) is 28.3. The summed E-state index contributed by atoms with van der Waals surface area (Å²) in [5.74, 6) is -0.529. The van der Waals surface area contributed by atoms with Crippen LogP contribution < -0.4 is 4.74 Å². The molecule has 4 rings (SSSR count). The van der Waals surface area contributed by atoms with Crippen molar-refractivity contribution < 1.29 is 18.7 Å². The summed E-state index contributed by atoms with van der Waals surface area (Å²) in [6.45, 7) is 1.34. The minimum Gasteiger partial charge on any atom is -0.483 e. The standard InChI is InChI=1S/C23H20ClFN2O3/c24-17-8-9-19(20(25)14-17)23(29)27-12-10-26(11-13-27)22(28)15-30-21-7-3-5-16-4-1-2-6-18(16)21/h1-9,14H,10-13,15H2. The Bertz CT molecular complexity index is 1090. The number of halogens is 2. The highest BCUT2D eigenvalue weighted by molar-refractivity contribution is 6.30. The number of piperazine rings is 1. The molecule has 1 saturated heterocycles. The molecule has 154 valence electrons. The molecule has 1 aliphatic heterocycles. The Morgan fingerprint density at radius 1 is 0.933 bits per heavy atom. The summed E-state index contributed by atoms with van der Waals surface area (Å²) < 4.78 is 19.8. The van der Waals surface area contributed by atoms with E-state index in [1.54, 1.807) is 9.80 Å². The van der Waals surface area contributed by atoms with Gasteiger partial charge in [0.25, 0.3) is 11.8 Å². The number of carbonyl (C=O) groups excluding carboxylic acids is 2. The number of hydrogen-bond acceptors (Lipinski definition) is 3. The summed E-state index contributed by atoms with van der Waals surface area (Å²) in [7, 11) is 0. The molecule has 0 atom stereocenters. The van der Waals surface area contributed by atoms with E-state index in [0.29, 0.717) is 31.9 Å². The Labute approximate surface area is 178 Å². The number of amides is 2. The minimum atomic E-state index is -0.644. The van der Waals surface area contributed by atoms with Gasteiger partial charge in [0.05, 0.1) is 5.56 Å². The largest absolute Gasteiger partial charge is 0.483 e. The number of carbonyl (C=O) groups is 2. The maximum atomic E-state index is 14.0. The molecular weight excluding hydrogens is 407 g/mol. The van der Waals surface area contributed by atoms with E-state index in [4.69, 9.17) is 16.3 Å². The van der Waals surface area contributed by atoms with E-state index < -0.39 is 11.7 Å². The van der Waals surface area contributed by atoms with E-state index in [0.717, 1.165) is 16.8 Å². The van der Waals surface area contributed by atoms with Crippen LogP contribution in [0.15, 0.2) is 60.7 Å². The van der Waals surface area contributed by atoms with Gasteiger partial charge in [0.2, 0.25) is 0 Å². The second kappa shape index (κ2) is 8.71. The highest BCUT2D eigenvalue weighted by Crippen LogP contribution is 2.25. The average Bonchev–Trinajstić information content (AvgIpc) is 2.77. The van der Waals surface area contributed by atoms with Crippen molar-refractivity contribution in [2.75, 3.05) is 32.8 Å². The first kappa shape index (κ1) is 20.2. The molecule has 3 aromatic carbocycles. The van der Waals surface area contributed by atoms with E-state index in [1.807, 2.05) is 42.5 Å². The Kier molecular flexibility index (Phi) is 5.86. The van der Waals surface area contributed by atoms with Crippen molar-refractivity contribution in [2.45, 2.75) is 0 Å². The minimum absolute atomic E-state index is 0.0153. The van der Waals surface area contributed by atoms with Crippen LogP contribution in [0.25, 0.3) is 10.8 Å². The number of benzene rings is 3. The molecule has 0 aromatic heterocycles. The highest BCUT2D eigenvalue weighted by atomic mass is 35.5. The van der Waals surface area contributed by atoms with Gasteiger partial charge < -0.3 is 14.5 Å². The molecule has 5 nitrogen and oxygen atoms in total. The van der Waals surface area contributed by atoms with Crippen LogP contribution >= 0.6 is 11.6 Å². The number of nitrogens with zero attached hydrogens (tertiary/aromatic N) is 2. The van der Waals surface area contributed by atoms with Gasteiger partial charge in [0.1, 0.15) is 11.6 Å². The van der Waals surface area contributed by atoms with E-state index in [9.17, 15) is 14.0 Å². The van der Waals surface area contributed by atoms with Crippen LogP contribution in [-0.2, 0) is 4.79 Å². The van der Waals surface area contributed by atoms with Crippen LogP contribution in [0.1, 0.15) is 10.4 Å². The second-order valence-electron chi connectivity index (χ2n) is 7.06. The number of rotatable bonds is 4. The van der Waals surface area contributed by atoms with Crippen LogP contribution in [0.5, 0.6) is 5.75 Å². The van der Waals surface area contributed by atoms with Gasteiger partial charge in [-0.15, -0.1) is 0 Å². The molecule has 0 unspecified atom stereocenters. The molecule has 2 amide bonds. The molecule has 1 heterocycles. The first-order chi connectivity index (χ1) is 14.5. The SMILES string of the molecule is O=C(COc1cccc2ccccc12)N1CCN(C(=O)c2ccc(Cl)cc2F)CC1. The zero-order valence-electron chi connectivity index (χ0n) is 16.2. The van der Waals surface area contributed by atoms with Crippen LogP contribution in [-0.4, -0.2) is 54.4 Å². The molecule has 0 bridgehead atoms. The van der Waals surface area contributed by atoms with Crippen LogP contribution in [0, 0.1) is 5.82 Å². The molecule has 1 aliphatic rings. The lowest BCUT2D eigenvalue weighted by Gasteiger charge is -2.34. The quantitative estimate of drug-likeness (QED) is 0.633. The normalized spacial score (nSPS) is 14.1. The maximum Gasteiger partial charge on any atom is 0.260 e. The second-order valence-corrected chi connectivity index (χ2v) is 7.50. The molecule has 7 heteroatoms. The van der Waals surface area contributed by atoms with Gasteiger partial charge in [-0.25, -0.2) is 4.39 Å². The highest BCUT2D eigenvalue weighted by Gasteiger charge is 2.26. The number of hydrogen-bond donors (Lipinski definition) is 0. The predicted molar refractivity (Wildman–Crippen MR) is 113 cm³/mol. The van der Waals surface area contributed by atoms with Gasteiger partial charge in [0, 0.05) is 36.6 Å².